The second-order valence-corrected chi connectivity index (χ2v) is 4.16. The van der Waals surface area contributed by atoms with E-state index in [1.165, 1.54) is 18.3 Å². The molecule has 100 valence electrons. The fourth-order valence-electron chi connectivity index (χ4n) is 1.71. The van der Waals surface area contributed by atoms with E-state index in [2.05, 4.69) is 4.98 Å². The number of carbonyl (C=O) groups is 1. The summed E-state index contributed by atoms with van der Waals surface area (Å²) >= 11 is 0. The minimum Gasteiger partial charge on any atom is -0.332 e. The standard InChI is InChI=1S/C13H11F3N2O/c1-18-7-6-17-12(18)11(19)8-9-2-4-10(5-3-9)13(14,15)16/h2-7H,8H2,1H3. The summed E-state index contributed by atoms with van der Waals surface area (Å²) in [6.07, 6.45) is -1.19. The molecule has 0 bridgehead atoms. The molecule has 19 heavy (non-hydrogen) atoms. The van der Waals surface area contributed by atoms with E-state index in [0.29, 0.717) is 11.4 Å². The van der Waals surface area contributed by atoms with Gasteiger partial charge in [-0.2, -0.15) is 13.2 Å². The summed E-state index contributed by atoms with van der Waals surface area (Å²) in [5.74, 6) is 0.0622. The van der Waals surface area contributed by atoms with Gasteiger partial charge in [0.1, 0.15) is 0 Å². The van der Waals surface area contributed by atoms with E-state index in [0.717, 1.165) is 12.1 Å². The molecule has 1 aromatic heterocycles. The summed E-state index contributed by atoms with van der Waals surface area (Å²) in [6.45, 7) is 0. The third kappa shape index (κ3) is 3.01. The quantitative estimate of drug-likeness (QED) is 0.802. The average Bonchev–Trinajstić information content (AvgIpc) is 2.75. The number of imidazole rings is 1. The van der Waals surface area contributed by atoms with Crippen LogP contribution >= 0.6 is 0 Å². The van der Waals surface area contributed by atoms with E-state index in [1.54, 1.807) is 17.8 Å². The molecule has 0 radical (unpaired) electrons. The van der Waals surface area contributed by atoms with Crippen LogP contribution in [0.1, 0.15) is 21.7 Å². The van der Waals surface area contributed by atoms with Gasteiger partial charge < -0.3 is 4.57 Å². The molecule has 2 aromatic rings. The van der Waals surface area contributed by atoms with Gasteiger partial charge >= 0.3 is 6.18 Å². The summed E-state index contributed by atoms with van der Waals surface area (Å²) in [5.41, 5.74) is -0.193. The number of aryl methyl sites for hydroxylation is 1. The maximum absolute atomic E-state index is 12.4. The number of hydrogen-bond acceptors (Lipinski definition) is 2. The van der Waals surface area contributed by atoms with Gasteiger partial charge in [0.25, 0.3) is 0 Å². The molecule has 0 atom stereocenters. The smallest absolute Gasteiger partial charge is 0.332 e. The van der Waals surface area contributed by atoms with Gasteiger partial charge in [-0.15, -0.1) is 0 Å². The lowest BCUT2D eigenvalue weighted by molar-refractivity contribution is -0.137. The zero-order valence-electron chi connectivity index (χ0n) is 10.1. The Kier molecular flexibility index (Phi) is 3.42. The molecule has 0 unspecified atom stereocenters. The number of carbonyl (C=O) groups excluding carboxylic acids is 1. The molecule has 0 N–H and O–H groups in total. The first-order valence-corrected chi connectivity index (χ1v) is 5.54. The van der Waals surface area contributed by atoms with Gasteiger partial charge in [0.15, 0.2) is 5.82 Å². The normalized spacial score (nSPS) is 11.6. The van der Waals surface area contributed by atoms with Crippen molar-refractivity contribution in [2.75, 3.05) is 0 Å². The average molecular weight is 268 g/mol. The number of halogens is 3. The fraction of sp³-hybridized carbons (Fsp3) is 0.231. The fourth-order valence-corrected chi connectivity index (χ4v) is 1.71. The second-order valence-electron chi connectivity index (χ2n) is 4.16. The highest BCUT2D eigenvalue weighted by molar-refractivity contribution is 5.94. The van der Waals surface area contributed by atoms with Gasteiger partial charge in [0.05, 0.1) is 5.56 Å². The Morgan fingerprint density at radius 2 is 1.89 bits per heavy atom. The molecule has 0 spiro atoms. The summed E-state index contributed by atoms with van der Waals surface area (Å²) in [7, 11) is 1.69. The molecule has 0 aliphatic rings. The Hall–Kier alpha value is -2.11. The predicted octanol–water partition coefficient (Wildman–Crippen LogP) is 2.86. The van der Waals surface area contributed by atoms with E-state index >= 15 is 0 Å². The molecular weight excluding hydrogens is 257 g/mol. The molecular formula is C13H11F3N2O. The van der Waals surface area contributed by atoms with Crippen molar-refractivity contribution in [2.24, 2.45) is 7.05 Å². The van der Waals surface area contributed by atoms with Gasteiger partial charge in [0, 0.05) is 25.9 Å². The zero-order valence-corrected chi connectivity index (χ0v) is 10.1. The number of Topliss-reactive ketones (excluding diaryl/α,β-unsaturated/α-hetero) is 1. The highest BCUT2D eigenvalue weighted by Crippen LogP contribution is 2.29. The van der Waals surface area contributed by atoms with Crippen molar-refractivity contribution in [3.8, 4) is 0 Å². The van der Waals surface area contributed by atoms with Crippen molar-refractivity contribution in [3.05, 3.63) is 53.6 Å². The molecule has 2 rings (SSSR count). The lowest BCUT2D eigenvalue weighted by Crippen LogP contribution is -2.10. The van der Waals surface area contributed by atoms with Crippen LogP contribution in [-0.2, 0) is 19.6 Å². The largest absolute Gasteiger partial charge is 0.416 e. The first kappa shape index (κ1) is 13.3. The SMILES string of the molecule is Cn1ccnc1C(=O)Cc1ccc(C(F)(F)F)cc1. The van der Waals surface area contributed by atoms with Gasteiger partial charge in [0.2, 0.25) is 5.78 Å². The van der Waals surface area contributed by atoms with Crippen molar-refractivity contribution < 1.29 is 18.0 Å². The monoisotopic (exact) mass is 268 g/mol. The maximum Gasteiger partial charge on any atom is 0.416 e. The Bertz CT molecular complexity index is 585. The lowest BCUT2D eigenvalue weighted by Gasteiger charge is -2.07. The third-order valence-corrected chi connectivity index (χ3v) is 2.72. The van der Waals surface area contributed by atoms with E-state index in [4.69, 9.17) is 0 Å². The maximum atomic E-state index is 12.4. The van der Waals surface area contributed by atoms with Crippen LogP contribution in [0, 0.1) is 0 Å². The van der Waals surface area contributed by atoms with Gasteiger partial charge in [-0.1, -0.05) is 12.1 Å². The number of alkyl halides is 3. The van der Waals surface area contributed by atoms with Crippen LogP contribution in [0.5, 0.6) is 0 Å². The summed E-state index contributed by atoms with van der Waals surface area (Å²) < 4.78 is 38.7. The van der Waals surface area contributed by atoms with Crippen molar-refractivity contribution in [3.63, 3.8) is 0 Å². The van der Waals surface area contributed by atoms with Crippen LogP contribution in [0.15, 0.2) is 36.7 Å². The number of benzene rings is 1. The molecule has 0 aliphatic carbocycles. The molecule has 1 aromatic carbocycles. The van der Waals surface area contributed by atoms with Crippen LogP contribution in [0.2, 0.25) is 0 Å². The Morgan fingerprint density at radius 3 is 2.37 bits per heavy atom. The Balaban J connectivity index is 2.12. The second kappa shape index (κ2) is 4.87. The molecule has 0 saturated heterocycles. The topological polar surface area (TPSA) is 34.9 Å². The Labute approximate surface area is 107 Å². The van der Waals surface area contributed by atoms with E-state index in [9.17, 15) is 18.0 Å². The van der Waals surface area contributed by atoms with Gasteiger partial charge in [-0.25, -0.2) is 4.98 Å². The molecule has 0 saturated carbocycles. The van der Waals surface area contributed by atoms with Crippen molar-refractivity contribution >= 4 is 5.78 Å². The van der Waals surface area contributed by atoms with Crippen molar-refractivity contribution in [1.82, 2.24) is 9.55 Å². The van der Waals surface area contributed by atoms with Crippen LogP contribution in [0.3, 0.4) is 0 Å². The molecule has 0 aliphatic heterocycles. The first-order valence-electron chi connectivity index (χ1n) is 5.54. The number of nitrogens with zero attached hydrogens (tertiary/aromatic N) is 2. The third-order valence-electron chi connectivity index (χ3n) is 2.72. The predicted molar refractivity (Wildman–Crippen MR) is 62.7 cm³/mol. The Morgan fingerprint density at radius 1 is 1.26 bits per heavy atom. The van der Waals surface area contributed by atoms with Crippen molar-refractivity contribution in [1.29, 1.82) is 0 Å². The van der Waals surface area contributed by atoms with E-state index < -0.39 is 11.7 Å². The number of aromatic nitrogens is 2. The summed E-state index contributed by atoms with van der Waals surface area (Å²) in [5, 5.41) is 0. The first-order chi connectivity index (χ1) is 8.88. The molecule has 3 nitrogen and oxygen atoms in total. The van der Waals surface area contributed by atoms with Crippen LogP contribution in [0.4, 0.5) is 13.2 Å². The molecule has 1 heterocycles. The summed E-state index contributed by atoms with van der Waals surface area (Å²) in [4.78, 5) is 15.8. The number of hydrogen-bond donors (Lipinski definition) is 0. The zero-order chi connectivity index (χ0) is 14.0. The number of rotatable bonds is 3. The van der Waals surface area contributed by atoms with Crippen LogP contribution < -0.4 is 0 Å². The van der Waals surface area contributed by atoms with Crippen LogP contribution in [0.25, 0.3) is 0 Å². The van der Waals surface area contributed by atoms with E-state index in [-0.39, 0.29) is 12.2 Å². The molecule has 0 fully saturated rings. The number of ketones is 1. The highest BCUT2D eigenvalue weighted by Gasteiger charge is 2.30. The highest BCUT2D eigenvalue weighted by atomic mass is 19.4. The minimum atomic E-state index is -4.36. The van der Waals surface area contributed by atoms with Gasteiger partial charge in [-0.05, 0) is 17.7 Å². The van der Waals surface area contributed by atoms with Gasteiger partial charge in [-0.3, -0.25) is 4.79 Å². The van der Waals surface area contributed by atoms with Crippen LogP contribution in [-0.4, -0.2) is 15.3 Å². The van der Waals surface area contributed by atoms with E-state index in [1.807, 2.05) is 0 Å². The lowest BCUT2D eigenvalue weighted by atomic mass is 10.1. The molecule has 0 amide bonds. The summed E-state index contributed by atoms with van der Waals surface area (Å²) in [6, 6.07) is 4.56. The minimum absolute atomic E-state index is 0.0307. The molecule has 6 heteroatoms. The van der Waals surface area contributed by atoms with Crippen molar-refractivity contribution in [2.45, 2.75) is 12.6 Å².